The molecule has 0 bridgehead atoms. The van der Waals surface area contributed by atoms with Gasteiger partial charge >= 0.3 is 0 Å². The minimum Gasteiger partial charge on any atom is -0.365 e. The SMILES string of the molecule is CCc1c(C)c(C#N)c2nc3ccccc3n2c1NCC[NH+](CC)CC. The largest absolute Gasteiger partial charge is 0.365 e. The summed E-state index contributed by atoms with van der Waals surface area (Å²) in [6.45, 7) is 12.9. The number of rotatable bonds is 7. The number of pyridine rings is 1. The molecule has 0 amide bonds. The van der Waals surface area contributed by atoms with Crippen LogP contribution in [-0.2, 0) is 6.42 Å². The Bertz CT molecular complexity index is 960. The van der Waals surface area contributed by atoms with Crippen LogP contribution in [0.25, 0.3) is 16.7 Å². The molecule has 5 heteroatoms. The Morgan fingerprint density at radius 2 is 1.92 bits per heavy atom. The number of nitrogens with zero attached hydrogens (tertiary/aromatic N) is 3. The highest BCUT2D eigenvalue weighted by Gasteiger charge is 2.19. The first-order chi connectivity index (χ1) is 12.7. The Labute approximate surface area is 155 Å². The molecule has 0 saturated carbocycles. The van der Waals surface area contributed by atoms with Gasteiger partial charge in [-0.05, 0) is 50.5 Å². The lowest BCUT2D eigenvalue weighted by molar-refractivity contribution is -0.894. The summed E-state index contributed by atoms with van der Waals surface area (Å²) in [4.78, 5) is 6.33. The fraction of sp³-hybridized carbons (Fsp3) is 0.429. The van der Waals surface area contributed by atoms with E-state index in [0.29, 0.717) is 5.56 Å². The van der Waals surface area contributed by atoms with E-state index in [1.807, 2.05) is 25.1 Å². The second kappa shape index (κ2) is 7.76. The number of hydrogen-bond acceptors (Lipinski definition) is 3. The number of fused-ring (bicyclic) bond motifs is 3. The van der Waals surface area contributed by atoms with Crippen molar-refractivity contribution >= 4 is 22.5 Å². The van der Waals surface area contributed by atoms with Gasteiger partial charge in [-0.3, -0.25) is 4.40 Å². The monoisotopic (exact) mass is 350 g/mol. The molecular formula is C21H28N5+. The minimum absolute atomic E-state index is 0.679. The maximum absolute atomic E-state index is 9.74. The number of imidazole rings is 1. The van der Waals surface area contributed by atoms with E-state index >= 15 is 0 Å². The van der Waals surface area contributed by atoms with Crippen LogP contribution >= 0.6 is 0 Å². The Morgan fingerprint density at radius 1 is 1.19 bits per heavy atom. The number of nitrogens with one attached hydrogen (secondary N) is 2. The van der Waals surface area contributed by atoms with Crippen molar-refractivity contribution in [2.24, 2.45) is 0 Å². The first-order valence-corrected chi connectivity index (χ1v) is 9.56. The molecule has 0 atom stereocenters. The van der Waals surface area contributed by atoms with Gasteiger partial charge in [0.1, 0.15) is 11.9 Å². The normalized spacial score (nSPS) is 11.4. The van der Waals surface area contributed by atoms with Crippen LogP contribution in [-0.4, -0.2) is 35.6 Å². The van der Waals surface area contributed by atoms with E-state index in [2.05, 4.69) is 42.6 Å². The topological polar surface area (TPSA) is 57.6 Å². The predicted octanol–water partition coefficient (Wildman–Crippen LogP) is 2.57. The van der Waals surface area contributed by atoms with Gasteiger partial charge in [-0.2, -0.15) is 5.26 Å². The molecule has 3 rings (SSSR count). The van der Waals surface area contributed by atoms with Crippen molar-refractivity contribution in [1.82, 2.24) is 9.38 Å². The number of aromatic nitrogens is 2. The molecule has 0 saturated heterocycles. The van der Waals surface area contributed by atoms with Gasteiger partial charge in [0.2, 0.25) is 0 Å². The lowest BCUT2D eigenvalue weighted by atomic mass is 10.0. The first-order valence-electron chi connectivity index (χ1n) is 9.56. The molecule has 5 nitrogen and oxygen atoms in total. The standard InChI is InChI=1S/C21H27N5/c1-5-16-15(4)17(14-22)21-24-18-10-8-9-11-19(18)26(21)20(16)23-12-13-25(6-2)7-3/h8-11,23H,5-7,12-13H2,1-4H3/p+1. The predicted molar refractivity (Wildman–Crippen MR) is 107 cm³/mol. The van der Waals surface area contributed by atoms with Crippen molar-refractivity contribution in [3.8, 4) is 6.07 Å². The van der Waals surface area contributed by atoms with Crippen LogP contribution in [0.3, 0.4) is 0 Å². The smallest absolute Gasteiger partial charge is 0.157 e. The van der Waals surface area contributed by atoms with E-state index in [1.54, 1.807) is 4.90 Å². The number of likely N-dealkylation sites (N-methyl/N-ethyl adjacent to an activating group) is 1. The van der Waals surface area contributed by atoms with Crippen LogP contribution < -0.4 is 10.2 Å². The quantitative estimate of drug-likeness (QED) is 0.688. The summed E-state index contributed by atoms with van der Waals surface area (Å²) in [5, 5.41) is 13.4. The van der Waals surface area contributed by atoms with Gasteiger partial charge in [0, 0.05) is 0 Å². The summed E-state index contributed by atoms with van der Waals surface area (Å²) < 4.78 is 2.14. The average Bonchev–Trinajstić information content (AvgIpc) is 3.04. The van der Waals surface area contributed by atoms with Crippen molar-refractivity contribution in [1.29, 1.82) is 5.26 Å². The second-order valence-electron chi connectivity index (χ2n) is 6.69. The van der Waals surface area contributed by atoms with Crippen molar-refractivity contribution < 1.29 is 4.90 Å². The molecule has 0 spiro atoms. The van der Waals surface area contributed by atoms with E-state index in [-0.39, 0.29) is 0 Å². The average molecular weight is 350 g/mol. The van der Waals surface area contributed by atoms with E-state index in [0.717, 1.165) is 60.7 Å². The zero-order valence-electron chi connectivity index (χ0n) is 16.2. The number of para-hydroxylation sites is 2. The number of quaternary nitrogens is 1. The third kappa shape index (κ3) is 3.02. The Hall–Kier alpha value is -2.58. The number of anilines is 1. The van der Waals surface area contributed by atoms with E-state index in [9.17, 15) is 5.26 Å². The molecule has 2 N–H and O–H groups in total. The third-order valence-electron chi connectivity index (χ3n) is 5.36. The van der Waals surface area contributed by atoms with Crippen molar-refractivity contribution in [2.45, 2.75) is 34.1 Å². The highest BCUT2D eigenvalue weighted by atomic mass is 15.2. The van der Waals surface area contributed by atoms with Gasteiger partial charge in [0.05, 0.1) is 42.8 Å². The zero-order chi connectivity index (χ0) is 18.7. The second-order valence-corrected chi connectivity index (χ2v) is 6.69. The molecule has 0 radical (unpaired) electrons. The van der Waals surface area contributed by atoms with Gasteiger partial charge in [0.15, 0.2) is 5.65 Å². The number of benzene rings is 1. The maximum Gasteiger partial charge on any atom is 0.157 e. The maximum atomic E-state index is 9.74. The number of hydrogen-bond donors (Lipinski definition) is 2. The Balaban J connectivity index is 2.18. The third-order valence-corrected chi connectivity index (χ3v) is 5.36. The molecule has 26 heavy (non-hydrogen) atoms. The van der Waals surface area contributed by atoms with Crippen LogP contribution in [0.5, 0.6) is 0 Å². The molecule has 0 aliphatic rings. The van der Waals surface area contributed by atoms with Crippen LogP contribution in [0.1, 0.15) is 37.5 Å². The lowest BCUT2D eigenvalue weighted by Crippen LogP contribution is -3.12. The molecular weight excluding hydrogens is 322 g/mol. The summed E-state index contributed by atoms with van der Waals surface area (Å²) >= 11 is 0. The van der Waals surface area contributed by atoms with Crippen LogP contribution in [0.4, 0.5) is 5.82 Å². The molecule has 0 fully saturated rings. The van der Waals surface area contributed by atoms with Gasteiger partial charge in [-0.1, -0.05) is 19.1 Å². The molecule has 0 aliphatic carbocycles. The molecule has 2 heterocycles. The molecule has 2 aromatic heterocycles. The Kier molecular flexibility index (Phi) is 5.43. The van der Waals surface area contributed by atoms with Crippen LogP contribution in [0.15, 0.2) is 24.3 Å². The fourth-order valence-electron chi connectivity index (χ4n) is 3.76. The summed E-state index contributed by atoms with van der Waals surface area (Å²) in [5.74, 6) is 1.08. The molecule has 3 aromatic rings. The zero-order valence-corrected chi connectivity index (χ0v) is 16.2. The highest BCUT2D eigenvalue weighted by Crippen LogP contribution is 2.31. The highest BCUT2D eigenvalue weighted by molar-refractivity contribution is 5.86. The van der Waals surface area contributed by atoms with Crippen LogP contribution in [0, 0.1) is 18.3 Å². The first kappa shape index (κ1) is 18.2. The van der Waals surface area contributed by atoms with Crippen molar-refractivity contribution in [3.63, 3.8) is 0 Å². The van der Waals surface area contributed by atoms with Crippen LogP contribution in [0.2, 0.25) is 0 Å². The molecule has 0 aliphatic heterocycles. The lowest BCUT2D eigenvalue weighted by Gasteiger charge is -2.20. The fourth-order valence-corrected chi connectivity index (χ4v) is 3.76. The summed E-state index contributed by atoms with van der Waals surface area (Å²) in [6.07, 6.45) is 0.878. The molecule has 136 valence electrons. The molecule has 1 aromatic carbocycles. The van der Waals surface area contributed by atoms with E-state index < -0.39 is 0 Å². The minimum atomic E-state index is 0.679. The van der Waals surface area contributed by atoms with Crippen molar-refractivity contribution in [3.05, 3.63) is 41.0 Å². The molecule has 0 unspecified atom stereocenters. The summed E-state index contributed by atoms with van der Waals surface area (Å²) in [6, 6.07) is 10.5. The summed E-state index contributed by atoms with van der Waals surface area (Å²) in [5.41, 5.74) is 5.64. The van der Waals surface area contributed by atoms with E-state index in [1.165, 1.54) is 5.56 Å². The number of nitriles is 1. The van der Waals surface area contributed by atoms with Gasteiger partial charge in [0.25, 0.3) is 0 Å². The van der Waals surface area contributed by atoms with Crippen molar-refractivity contribution in [2.75, 3.05) is 31.5 Å². The van der Waals surface area contributed by atoms with Gasteiger partial charge < -0.3 is 10.2 Å². The van der Waals surface area contributed by atoms with Gasteiger partial charge in [-0.25, -0.2) is 4.98 Å². The summed E-state index contributed by atoms with van der Waals surface area (Å²) in [7, 11) is 0. The Morgan fingerprint density at radius 3 is 2.58 bits per heavy atom. The van der Waals surface area contributed by atoms with Gasteiger partial charge in [-0.15, -0.1) is 0 Å². The van der Waals surface area contributed by atoms with E-state index in [4.69, 9.17) is 4.98 Å².